The van der Waals surface area contributed by atoms with Gasteiger partial charge in [0.1, 0.15) is 0 Å². The number of rotatable bonds is 8. The average Bonchev–Trinajstić information content (AvgIpc) is 2.36. The van der Waals surface area contributed by atoms with Crippen LogP contribution in [0.25, 0.3) is 0 Å². The molecule has 0 bridgehead atoms. The first-order valence-electron chi connectivity index (χ1n) is 6.76. The fourth-order valence-corrected chi connectivity index (χ4v) is 1.84. The van der Waals surface area contributed by atoms with Crippen LogP contribution in [0.5, 0.6) is 0 Å². The molecule has 1 aromatic carbocycles. The number of ether oxygens (including phenoxy) is 1. The topological polar surface area (TPSA) is 24.5 Å². The molecule has 0 aliphatic heterocycles. The average molecular weight is 250 g/mol. The van der Waals surface area contributed by atoms with Gasteiger partial charge in [0.15, 0.2) is 0 Å². The van der Waals surface area contributed by atoms with Gasteiger partial charge in [-0.25, -0.2) is 0 Å². The first kappa shape index (κ1) is 15.0. The molecule has 1 rings (SSSR count). The van der Waals surface area contributed by atoms with E-state index in [9.17, 15) is 0 Å². The summed E-state index contributed by atoms with van der Waals surface area (Å²) in [5.74, 6) is 0. The summed E-state index contributed by atoms with van der Waals surface area (Å²) in [5, 5.41) is 3.38. The van der Waals surface area contributed by atoms with Crippen LogP contribution in [0.15, 0.2) is 24.3 Å². The second kappa shape index (κ2) is 8.11. The molecule has 0 aliphatic rings. The normalized spacial score (nSPS) is 10.9. The maximum Gasteiger partial charge on any atom is 0.0644 e. The molecule has 102 valence electrons. The van der Waals surface area contributed by atoms with E-state index >= 15 is 0 Å². The third kappa shape index (κ3) is 5.07. The Hall–Kier alpha value is -1.06. The van der Waals surface area contributed by atoms with Gasteiger partial charge in [-0.2, -0.15) is 0 Å². The molecular formula is C15H26N2O. The van der Waals surface area contributed by atoms with E-state index < -0.39 is 0 Å². The molecule has 0 spiro atoms. The van der Waals surface area contributed by atoms with E-state index in [0.717, 1.165) is 26.2 Å². The minimum absolute atomic E-state index is 0.301. The van der Waals surface area contributed by atoms with E-state index in [0.29, 0.717) is 6.10 Å². The minimum Gasteiger partial charge on any atom is -0.377 e. The number of hydrogen-bond donors (Lipinski definition) is 1. The monoisotopic (exact) mass is 250 g/mol. The molecule has 0 aliphatic carbocycles. The van der Waals surface area contributed by atoms with Gasteiger partial charge in [0.25, 0.3) is 0 Å². The molecule has 0 unspecified atom stereocenters. The van der Waals surface area contributed by atoms with Gasteiger partial charge < -0.3 is 15.0 Å². The predicted octanol–water partition coefficient (Wildman–Crippen LogP) is 2.66. The number of para-hydroxylation sites is 1. The van der Waals surface area contributed by atoms with Crippen molar-refractivity contribution >= 4 is 5.69 Å². The Morgan fingerprint density at radius 1 is 1.28 bits per heavy atom. The maximum atomic E-state index is 5.60. The largest absolute Gasteiger partial charge is 0.377 e. The van der Waals surface area contributed by atoms with E-state index in [4.69, 9.17) is 4.74 Å². The molecule has 0 aromatic heterocycles. The zero-order valence-corrected chi connectivity index (χ0v) is 12.1. The first-order chi connectivity index (χ1) is 8.65. The van der Waals surface area contributed by atoms with Gasteiger partial charge in [-0.15, -0.1) is 0 Å². The van der Waals surface area contributed by atoms with Gasteiger partial charge in [-0.3, -0.25) is 0 Å². The summed E-state index contributed by atoms with van der Waals surface area (Å²) in [7, 11) is 2.12. The van der Waals surface area contributed by atoms with Gasteiger partial charge in [0.2, 0.25) is 0 Å². The lowest BCUT2D eigenvalue weighted by molar-refractivity contribution is 0.0846. The lowest BCUT2D eigenvalue weighted by Gasteiger charge is -2.23. The second-order valence-electron chi connectivity index (χ2n) is 4.75. The van der Waals surface area contributed by atoms with Crippen molar-refractivity contribution in [3.05, 3.63) is 29.8 Å². The van der Waals surface area contributed by atoms with Crippen molar-refractivity contribution in [2.24, 2.45) is 0 Å². The summed E-state index contributed by atoms with van der Waals surface area (Å²) in [6.45, 7) is 9.86. The summed E-state index contributed by atoms with van der Waals surface area (Å²) in [4.78, 5) is 2.26. The van der Waals surface area contributed by atoms with Crippen molar-refractivity contribution < 1.29 is 4.74 Å². The molecule has 18 heavy (non-hydrogen) atoms. The molecule has 0 fully saturated rings. The number of benzene rings is 1. The van der Waals surface area contributed by atoms with Gasteiger partial charge in [0.05, 0.1) is 12.7 Å². The van der Waals surface area contributed by atoms with E-state index in [2.05, 4.69) is 62.3 Å². The van der Waals surface area contributed by atoms with E-state index in [-0.39, 0.29) is 0 Å². The third-order valence-corrected chi connectivity index (χ3v) is 2.85. The second-order valence-corrected chi connectivity index (χ2v) is 4.75. The van der Waals surface area contributed by atoms with Crippen molar-refractivity contribution in [2.75, 3.05) is 31.6 Å². The van der Waals surface area contributed by atoms with Crippen LogP contribution < -0.4 is 10.2 Å². The summed E-state index contributed by atoms with van der Waals surface area (Å²) in [6.07, 6.45) is 0.301. The maximum absolute atomic E-state index is 5.60. The van der Waals surface area contributed by atoms with Crippen molar-refractivity contribution in [3.63, 3.8) is 0 Å². The molecule has 1 aromatic rings. The Labute approximate surface area is 111 Å². The summed E-state index contributed by atoms with van der Waals surface area (Å²) < 4.78 is 5.60. The minimum atomic E-state index is 0.301. The van der Waals surface area contributed by atoms with Crippen LogP contribution in [0.4, 0.5) is 5.69 Å². The number of likely N-dealkylation sites (N-methyl/N-ethyl adjacent to an activating group) is 1. The predicted molar refractivity (Wildman–Crippen MR) is 78.2 cm³/mol. The standard InChI is InChI=1S/C15H26N2O/c1-5-16-12-14-8-6-7-9-15(14)17(4)10-11-18-13(2)3/h6-9,13,16H,5,10-12H2,1-4H3. The van der Waals surface area contributed by atoms with Crippen molar-refractivity contribution in [1.82, 2.24) is 5.32 Å². The Bertz CT molecular complexity index is 339. The van der Waals surface area contributed by atoms with Gasteiger partial charge in [-0.05, 0) is 32.0 Å². The van der Waals surface area contributed by atoms with Crippen molar-refractivity contribution in [2.45, 2.75) is 33.4 Å². The highest BCUT2D eigenvalue weighted by Gasteiger charge is 2.06. The van der Waals surface area contributed by atoms with Crippen LogP contribution in [0, 0.1) is 0 Å². The summed E-state index contributed by atoms with van der Waals surface area (Å²) in [6, 6.07) is 8.53. The zero-order chi connectivity index (χ0) is 13.4. The van der Waals surface area contributed by atoms with Crippen molar-refractivity contribution in [1.29, 1.82) is 0 Å². The van der Waals surface area contributed by atoms with Gasteiger partial charge in [-0.1, -0.05) is 25.1 Å². The van der Waals surface area contributed by atoms with E-state index in [1.165, 1.54) is 11.3 Å². The molecule has 0 radical (unpaired) electrons. The van der Waals surface area contributed by atoms with Gasteiger partial charge >= 0.3 is 0 Å². The van der Waals surface area contributed by atoms with Crippen LogP contribution in [0.3, 0.4) is 0 Å². The number of hydrogen-bond acceptors (Lipinski definition) is 3. The van der Waals surface area contributed by atoms with Crippen LogP contribution in [-0.2, 0) is 11.3 Å². The number of nitrogens with zero attached hydrogens (tertiary/aromatic N) is 1. The van der Waals surface area contributed by atoms with Crippen LogP contribution in [0.1, 0.15) is 26.3 Å². The Morgan fingerprint density at radius 2 is 2.00 bits per heavy atom. The quantitative estimate of drug-likeness (QED) is 0.767. The molecule has 0 saturated carbocycles. The van der Waals surface area contributed by atoms with Crippen LogP contribution >= 0.6 is 0 Å². The molecule has 3 nitrogen and oxygen atoms in total. The lowest BCUT2D eigenvalue weighted by Crippen LogP contribution is -2.25. The van der Waals surface area contributed by atoms with E-state index in [1.54, 1.807) is 0 Å². The Morgan fingerprint density at radius 3 is 2.67 bits per heavy atom. The highest BCUT2D eigenvalue weighted by Crippen LogP contribution is 2.18. The summed E-state index contributed by atoms with van der Waals surface area (Å²) >= 11 is 0. The number of anilines is 1. The number of nitrogens with one attached hydrogen (secondary N) is 1. The molecule has 0 heterocycles. The molecule has 0 atom stereocenters. The SMILES string of the molecule is CCNCc1ccccc1N(C)CCOC(C)C. The van der Waals surface area contributed by atoms with Crippen molar-refractivity contribution in [3.8, 4) is 0 Å². The smallest absolute Gasteiger partial charge is 0.0644 e. The molecule has 3 heteroatoms. The summed E-state index contributed by atoms with van der Waals surface area (Å²) in [5.41, 5.74) is 2.62. The van der Waals surface area contributed by atoms with Crippen LogP contribution in [-0.4, -0.2) is 32.8 Å². The fourth-order valence-electron chi connectivity index (χ4n) is 1.84. The van der Waals surface area contributed by atoms with E-state index in [1.807, 2.05) is 0 Å². The molecular weight excluding hydrogens is 224 g/mol. The molecule has 0 saturated heterocycles. The third-order valence-electron chi connectivity index (χ3n) is 2.85. The Balaban J connectivity index is 2.57. The Kier molecular flexibility index (Phi) is 6.76. The highest BCUT2D eigenvalue weighted by atomic mass is 16.5. The van der Waals surface area contributed by atoms with Gasteiger partial charge in [0, 0.05) is 25.8 Å². The first-order valence-corrected chi connectivity index (χ1v) is 6.76. The molecule has 1 N–H and O–H groups in total. The molecule has 0 amide bonds. The fraction of sp³-hybridized carbons (Fsp3) is 0.600. The lowest BCUT2D eigenvalue weighted by atomic mass is 10.1. The zero-order valence-electron chi connectivity index (χ0n) is 12.1. The van der Waals surface area contributed by atoms with Crippen LogP contribution in [0.2, 0.25) is 0 Å². The highest BCUT2D eigenvalue weighted by molar-refractivity contribution is 5.52.